The molecule has 0 atom stereocenters. The van der Waals surface area contributed by atoms with E-state index in [0.717, 1.165) is 40.0 Å². The van der Waals surface area contributed by atoms with Crippen LogP contribution in [-0.4, -0.2) is 36.9 Å². The normalized spacial score (nSPS) is 11.8. The minimum atomic E-state index is -3.98. The second-order valence-electron chi connectivity index (χ2n) is 10.6. The van der Waals surface area contributed by atoms with Gasteiger partial charge in [0.15, 0.2) is 0 Å². The van der Waals surface area contributed by atoms with Gasteiger partial charge in [-0.15, -0.1) is 0 Å². The van der Waals surface area contributed by atoms with Crippen molar-refractivity contribution in [2.75, 3.05) is 17.4 Å². The van der Waals surface area contributed by atoms with Crippen molar-refractivity contribution in [2.45, 2.75) is 44.4 Å². The number of rotatable bonds is 11. The molecule has 0 spiro atoms. The summed E-state index contributed by atoms with van der Waals surface area (Å²) >= 11 is 6.58. The number of aryl methyl sites for hydroxylation is 3. The van der Waals surface area contributed by atoms with Gasteiger partial charge in [0.1, 0.15) is 11.7 Å². The Kier molecular flexibility index (Phi) is 8.78. The third-order valence-electron chi connectivity index (χ3n) is 8.03. The number of hydrogen-bond acceptors (Lipinski definition) is 5. The van der Waals surface area contributed by atoms with E-state index in [-0.39, 0.29) is 17.3 Å². The van der Waals surface area contributed by atoms with Gasteiger partial charge < -0.3 is 16.0 Å². The number of nitrogens with one attached hydrogen (secondary N) is 1. The fourth-order valence-electron chi connectivity index (χ4n) is 5.84. The van der Waals surface area contributed by atoms with Gasteiger partial charge in [-0.25, -0.2) is 13.4 Å². The molecule has 5 N–H and O–H groups in total. The highest BCUT2D eigenvalue weighted by Crippen LogP contribution is 2.37. The molecule has 0 amide bonds. The molecule has 224 valence electrons. The quantitative estimate of drug-likeness (QED) is 0.129. The molecule has 0 aliphatic heterocycles. The Morgan fingerprint density at radius 2 is 1.74 bits per heavy atom. The fourth-order valence-corrected chi connectivity index (χ4v) is 8.06. The average molecular weight is 617 g/mol. The van der Waals surface area contributed by atoms with E-state index in [1.165, 1.54) is 4.31 Å². The Hall–Kier alpha value is -3.92. The molecule has 5 rings (SSSR count). The van der Waals surface area contributed by atoms with Crippen molar-refractivity contribution in [1.82, 2.24) is 9.55 Å². The summed E-state index contributed by atoms with van der Waals surface area (Å²) in [5, 5.41) is 9.42. The number of imidazole rings is 1. The van der Waals surface area contributed by atoms with Gasteiger partial charge in [-0.1, -0.05) is 54.9 Å². The largest absolute Gasteiger partial charge is 0.384 e. The van der Waals surface area contributed by atoms with Crippen LogP contribution in [-0.2, 0) is 42.8 Å². The zero-order valence-corrected chi connectivity index (χ0v) is 26.3. The topological polar surface area (TPSA) is 131 Å². The summed E-state index contributed by atoms with van der Waals surface area (Å²) < 4.78 is 32.6. The number of hydrogen-bond donors (Lipinski definition) is 3. The third kappa shape index (κ3) is 5.72. The van der Waals surface area contributed by atoms with Crippen molar-refractivity contribution in [2.24, 2.45) is 18.5 Å². The number of aromatic nitrogens is 2. The molecule has 43 heavy (non-hydrogen) atoms. The van der Waals surface area contributed by atoms with Crippen LogP contribution in [0.1, 0.15) is 41.9 Å². The number of anilines is 1. The van der Waals surface area contributed by atoms with Crippen LogP contribution in [0.3, 0.4) is 0 Å². The summed E-state index contributed by atoms with van der Waals surface area (Å²) in [6.07, 6.45) is 2.58. The second kappa shape index (κ2) is 12.4. The Morgan fingerprint density at radius 3 is 2.40 bits per heavy atom. The van der Waals surface area contributed by atoms with Crippen molar-refractivity contribution in [1.29, 1.82) is 5.41 Å². The van der Waals surface area contributed by atoms with E-state index in [4.69, 9.17) is 33.5 Å². The number of amidine groups is 1. The number of nitrogen functional groups attached to an aromatic ring is 1. The highest BCUT2D eigenvalue weighted by Gasteiger charge is 2.30. The molecule has 0 fully saturated rings. The van der Waals surface area contributed by atoms with Gasteiger partial charge in [0.05, 0.1) is 21.6 Å². The van der Waals surface area contributed by atoms with Gasteiger partial charge in [0.2, 0.25) is 0 Å². The first kappa shape index (κ1) is 30.5. The maximum atomic E-state index is 14.6. The maximum Gasteiger partial charge on any atom is 0.265 e. The van der Waals surface area contributed by atoms with E-state index in [2.05, 4.69) is 4.57 Å². The first-order valence-corrected chi connectivity index (χ1v) is 16.3. The van der Waals surface area contributed by atoms with Crippen LogP contribution >= 0.6 is 11.6 Å². The lowest BCUT2D eigenvalue weighted by molar-refractivity contribution is 0.591. The van der Waals surface area contributed by atoms with Crippen LogP contribution in [0.25, 0.3) is 21.8 Å². The standard InChI is InChI=1S/C33H37ClN6O2S/c1-4-25-23(17-18-35)19-27-26(7-6-8-28(27)34)32(25)43(41,42)40(5-2)24-14-15-30-29(20-24)38-31(39(30)3)16-11-21-9-12-22(13-10-21)33(36)37/h6-10,12-15,19-20H,4-5,11,16-18,35H2,1-3H3,(H3,36,37). The van der Waals surface area contributed by atoms with Gasteiger partial charge in [-0.05, 0) is 79.8 Å². The van der Waals surface area contributed by atoms with Crippen molar-refractivity contribution in [3.8, 4) is 0 Å². The van der Waals surface area contributed by atoms with Crippen molar-refractivity contribution < 1.29 is 8.42 Å². The van der Waals surface area contributed by atoms with E-state index in [0.29, 0.717) is 52.9 Å². The SMILES string of the molecule is CCc1c(CCN)cc2c(Cl)cccc2c1S(=O)(=O)N(CC)c1ccc2c(c1)nc(CCc1ccc(C(=N)N)cc1)n2C. The first-order chi connectivity index (χ1) is 20.6. The minimum Gasteiger partial charge on any atom is -0.384 e. The van der Waals surface area contributed by atoms with Crippen molar-refractivity contribution in [3.05, 3.63) is 99.8 Å². The van der Waals surface area contributed by atoms with Crippen LogP contribution < -0.4 is 15.8 Å². The zero-order valence-electron chi connectivity index (χ0n) is 24.7. The fraction of sp³-hybridized carbons (Fsp3) is 0.273. The van der Waals surface area contributed by atoms with E-state index in [9.17, 15) is 8.42 Å². The van der Waals surface area contributed by atoms with E-state index < -0.39 is 10.0 Å². The number of fused-ring (bicyclic) bond motifs is 2. The summed E-state index contributed by atoms with van der Waals surface area (Å²) in [5.41, 5.74) is 17.2. The molecule has 1 aromatic heterocycles. The van der Waals surface area contributed by atoms with E-state index in [1.807, 2.05) is 75.5 Å². The molecule has 10 heteroatoms. The number of halogens is 1. The third-order valence-corrected chi connectivity index (χ3v) is 10.4. The molecule has 0 saturated heterocycles. The summed E-state index contributed by atoms with van der Waals surface area (Å²) in [6, 6.07) is 20.7. The predicted molar refractivity (Wildman–Crippen MR) is 177 cm³/mol. The van der Waals surface area contributed by atoms with Gasteiger partial charge in [-0.3, -0.25) is 9.71 Å². The molecule has 0 bridgehead atoms. The van der Waals surface area contributed by atoms with Crippen molar-refractivity contribution in [3.63, 3.8) is 0 Å². The van der Waals surface area contributed by atoms with E-state index in [1.54, 1.807) is 12.1 Å². The number of sulfonamides is 1. The smallest absolute Gasteiger partial charge is 0.265 e. The molecule has 0 aliphatic rings. The summed E-state index contributed by atoms with van der Waals surface area (Å²) in [7, 11) is -2.01. The van der Waals surface area contributed by atoms with Gasteiger partial charge >= 0.3 is 0 Å². The van der Waals surface area contributed by atoms with Crippen LogP contribution in [0.15, 0.2) is 71.6 Å². The monoisotopic (exact) mass is 616 g/mol. The molecule has 5 aromatic rings. The molecular formula is C33H37ClN6O2S. The number of benzene rings is 4. The molecule has 0 unspecified atom stereocenters. The highest BCUT2D eigenvalue weighted by atomic mass is 35.5. The Bertz CT molecular complexity index is 1930. The number of nitrogens with zero attached hydrogens (tertiary/aromatic N) is 3. The van der Waals surface area contributed by atoms with E-state index >= 15 is 0 Å². The molecule has 0 saturated carbocycles. The van der Waals surface area contributed by atoms with Gasteiger partial charge in [-0.2, -0.15) is 0 Å². The van der Waals surface area contributed by atoms with Crippen LogP contribution in [0, 0.1) is 5.41 Å². The average Bonchev–Trinajstić information content (AvgIpc) is 3.30. The van der Waals surface area contributed by atoms with Crippen LogP contribution in [0.4, 0.5) is 5.69 Å². The maximum absolute atomic E-state index is 14.6. The molecule has 8 nitrogen and oxygen atoms in total. The lowest BCUT2D eigenvalue weighted by Gasteiger charge is -2.26. The zero-order chi connectivity index (χ0) is 30.9. The molecule has 0 radical (unpaired) electrons. The second-order valence-corrected chi connectivity index (χ2v) is 12.8. The molecule has 1 heterocycles. The lowest BCUT2D eigenvalue weighted by atomic mass is 9.97. The summed E-state index contributed by atoms with van der Waals surface area (Å²) in [6.45, 7) is 4.46. The molecular weight excluding hydrogens is 580 g/mol. The van der Waals surface area contributed by atoms with Crippen LogP contribution in [0.2, 0.25) is 5.02 Å². The Balaban J connectivity index is 1.54. The van der Waals surface area contributed by atoms with Crippen molar-refractivity contribution >= 4 is 55.0 Å². The molecule has 0 aliphatic carbocycles. The lowest BCUT2D eigenvalue weighted by Crippen LogP contribution is -2.32. The molecule has 4 aromatic carbocycles. The highest BCUT2D eigenvalue weighted by molar-refractivity contribution is 7.93. The summed E-state index contributed by atoms with van der Waals surface area (Å²) in [5.74, 6) is 0.948. The Morgan fingerprint density at radius 1 is 1.00 bits per heavy atom. The summed E-state index contributed by atoms with van der Waals surface area (Å²) in [4.78, 5) is 5.18. The Labute approximate surface area is 257 Å². The number of nitrogens with two attached hydrogens (primary N) is 2. The minimum absolute atomic E-state index is 0.0482. The predicted octanol–water partition coefficient (Wildman–Crippen LogP) is 5.73. The van der Waals surface area contributed by atoms with Gasteiger partial charge in [0, 0.05) is 41.4 Å². The van der Waals surface area contributed by atoms with Crippen LogP contribution in [0.5, 0.6) is 0 Å². The van der Waals surface area contributed by atoms with Gasteiger partial charge in [0.25, 0.3) is 10.0 Å². The first-order valence-electron chi connectivity index (χ1n) is 14.4.